The van der Waals surface area contributed by atoms with E-state index in [0.29, 0.717) is 65.2 Å². The van der Waals surface area contributed by atoms with Crippen molar-refractivity contribution in [1.82, 2.24) is 0 Å². The molecule has 0 aliphatic carbocycles. The van der Waals surface area contributed by atoms with Gasteiger partial charge in [0.15, 0.2) is 0 Å². The first-order valence-corrected chi connectivity index (χ1v) is 18.3. The van der Waals surface area contributed by atoms with Crippen LogP contribution in [0, 0.1) is 0 Å². The Morgan fingerprint density at radius 2 is 1.24 bits per heavy atom. The molecule has 0 saturated heterocycles. The van der Waals surface area contributed by atoms with Crippen LogP contribution in [-0.4, -0.2) is 28.8 Å². The summed E-state index contributed by atoms with van der Waals surface area (Å²) in [6.45, 7) is 11.0. The Hall–Kier alpha value is -2.77. The van der Waals surface area contributed by atoms with Gasteiger partial charge in [0.2, 0.25) is 5.43 Å². The van der Waals surface area contributed by atoms with E-state index in [9.17, 15) is 15.0 Å². The van der Waals surface area contributed by atoms with Crippen LogP contribution in [0.2, 0.25) is 0 Å². The Balaban J connectivity index is 2.10. The lowest BCUT2D eigenvalue weighted by Gasteiger charge is -2.18. The van der Waals surface area contributed by atoms with Crippen LogP contribution in [0.3, 0.4) is 0 Å². The summed E-state index contributed by atoms with van der Waals surface area (Å²) in [4.78, 5) is 14.3. The zero-order valence-corrected chi connectivity index (χ0v) is 30.3. The standard InChI is InChI=1S/C39H55BrO6/c1-6-7-8-9-12-15-22-44-32-24-35-37(38(42)30(32)20-18-28(4)5)39(43)36-29(19-17-27(2)3)31(26-41)33(25-34(36)46-35)45-23-16-13-10-11-14-21-40/h17-18,24-25,41-42H,6-16,19-23,26H2,1-5H3. The molecule has 0 atom stereocenters. The highest BCUT2D eigenvalue weighted by atomic mass is 79.9. The van der Waals surface area contributed by atoms with Gasteiger partial charge in [0.05, 0.1) is 25.2 Å². The summed E-state index contributed by atoms with van der Waals surface area (Å²) >= 11 is 3.49. The van der Waals surface area contributed by atoms with E-state index in [1.807, 2.05) is 39.8 Å². The van der Waals surface area contributed by atoms with Gasteiger partial charge in [-0.1, -0.05) is 97.5 Å². The van der Waals surface area contributed by atoms with E-state index in [0.717, 1.165) is 48.6 Å². The number of aromatic hydroxyl groups is 1. The molecule has 1 aromatic heterocycles. The van der Waals surface area contributed by atoms with Crippen LogP contribution in [-0.2, 0) is 19.4 Å². The second-order valence-corrected chi connectivity index (χ2v) is 13.6. The summed E-state index contributed by atoms with van der Waals surface area (Å²) < 4.78 is 18.9. The minimum Gasteiger partial charge on any atom is -0.507 e. The van der Waals surface area contributed by atoms with Crippen LogP contribution >= 0.6 is 15.9 Å². The highest BCUT2D eigenvalue weighted by molar-refractivity contribution is 9.09. The Morgan fingerprint density at radius 1 is 0.739 bits per heavy atom. The molecule has 2 N–H and O–H groups in total. The molecular formula is C39H55BrO6. The van der Waals surface area contributed by atoms with Gasteiger partial charge < -0.3 is 24.1 Å². The molecule has 0 amide bonds. The Kier molecular flexibility index (Phi) is 16.2. The third kappa shape index (κ3) is 10.6. The average molecular weight is 700 g/mol. The second kappa shape index (κ2) is 19.8. The molecule has 6 nitrogen and oxygen atoms in total. The lowest BCUT2D eigenvalue weighted by molar-refractivity contribution is 0.259. The average Bonchev–Trinajstić information content (AvgIpc) is 3.01. The van der Waals surface area contributed by atoms with Crippen molar-refractivity contribution in [3.63, 3.8) is 0 Å². The number of unbranched alkanes of at least 4 members (excludes halogenated alkanes) is 9. The van der Waals surface area contributed by atoms with Gasteiger partial charge in [0.1, 0.15) is 33.8 Å². The van der Waals surface area contributed by atoms with E-state index in [1.165, 1.54) is 38.5 Å². The van der Waals surface area contributed by atoms with E-state index in [1.54, 1.807) is 12.1 Å². The summed E-state index contributed by atoms with van der Waals surface area (Å²) in [5, 5.41) is 23.7. The van der Waals surface area contributed by atoms with Gasteiger partial charge in [-0.25, -0.2) is 0 Å². The highest BCUT2D eigenvalue weighted by Crippen LogP contribution is 2.39. The number of rotatable bonds is 21. The number of halogens is 1. The maximum absolute atomic E-state index is 14.3. The van der Waals surface area contributed by atoms with Crippen LogP contribution in [0.1, 0.15) is 122 Å². The number of fused-ring (bicyclic) bond motifs is 2. The number of phenols is 1. The molecule has 46 heavy (non-hydrogen) atoms. The van der Waals surface area contributed by atoms with Gasteiger partial charge in [-0.2, -0.15) is 0 Å². The van der Waals surface area contributed by atoms with Gasteiger partial charge >= 0.3 is 0 Å². The molecule has 2 aromatic carbocycles. The number of benzene rings is 2. The van der Waals surface area contributed by atoms with Crippen LogP contribution in [0.4, 0.5) is 0 Å². The summed E-state index contributed by atoms with van der Waals surface area (Å²) in [6.07, 6.45) is 17.3. The van der Waals surface area contributed by atoms with Crippen molar-refractivity contribution in [2.75, 3.05) is 18.5 Å². The number of hydrogen-bond acceptors (Lipinski definition) is 6. The minimum absolute atomic E-state index is 0.109. The zero-order valence-electron chi connectivity index (χ0n) is 28.7. The lowest BCUT2D eigenvalue weighted by Crippen LogP contribution is -2.11. The maximum atomic E-state index is 14.3. The summed E-state index contributed by atoms with van der Waals surface area (Å²) in [7, 11) is 0. The zero-order chi connectivity index (χ0) is 33.5. The fourth-order valence-electron chi connectivity index (χ4n) is 5.70. The number of aliphatic hydroxyl groups is 1. The fourth-order valence-corrected chi connectivity index (χ4v) is 6.10. The van der Waals surface area contributed by atoms with Crippen LogP contribution in [0.15, 0.2) is 44.6 Å². The molecule has 0 aliphatic heterocycles. The number of hydrogen-bond donors (Lipinski definition) is 2. The summed E-state index contributed by atoms with van der Waals surface area (Å²) in [5.41, 5.74) is 4.35. The van der Waals surface area contributed by atoms with Gasteiger partial charge in [0.25, 0.3) is 0 Å². The molecular weight excluding hydrogens is 644 g/mol. The SMILES string of the molecule is CCCCCCCCOc1cc2oc3cc(OCCCCCCCBr)c(CO)c(CC=C(C)C)c3c(=O)c2c(O)c1CC=C(C)C. The molecule has 0 unspecified atom stereocenters. The van der Waals surface area contributed by atoms with Gasteiger partial charge in [-0.3, -0.25) is 4.79 Å². The third-order valence-electron chi connectivity index (χ3n) is 8.35. The van der Waals surface area contributed by atoms with Gasteiger partial charge in [-0.15, -0.1) is 0 Å². The molecule has 0 radical (unpaired) electrons. The normalized spacial score (nSPS) is 11.3. The number of ether oxygens (including phenoxy) is 2. The molecule has 0 aliphatic rings. The predicted octanol–water partition coefficient (Wildman–Crippen LogP) is 10.6. The first kappa shape index (κ1) is 37.7. The van der Waals surface area contributed by atoms with Crippen molar-refractivity contribution < 1.29 is 24.1 Å². The van der Waals surface area contributed by atoms with Crippen molar-refractivity contribution in [2.45, 2.75) is 125 Å². The number of alkyl halides is 1. The summed E-state index contributed by atoms with van der Waals surface area (Å²) in [6, 6.07) is 3.48. The van der Waals surface area contributed by atoms with E-state index in [-0.39, 0.29) is 28.8 Å². The molecule has 3 rings (SSSR count). The molecule has 0 fully saturated rings. The molecule has 0 spiro atoms. The van der Waals surface area contributed by atoms with Crippen LogP contribution in [0.25, 0.3) is 21.9 Å². The Morgan fingerprint density at radius 3 is 1.78 bits per heavy atom. The first-order chi connectivity index (χ1) is 22.2. The molecule has 3 aromatic rings. The highest BCUT2D eigenvalue weighted by Gasteiger charge is 2.23. The monoisotopic (exact) mass is 698 g/mol. The molecule has 1 heterocycles. The van der Waals surface area contributed by atoms with E-state index in [4.69, 9.17) is 13.9 Å². The molecule has 0 saturated carbocycles. The second-order valence-electron chi connectivity index (χ2n) is 12.8. The number of aliphatic hydroxyl groups excluding tert-OH is 1. The van der Waals surface area contributed by atoms with Crippen molar-refractivity contribution in [3.05, 3.63) is 62.3 Å². The predicted molar refractivity (Wildman–Crippen MR) is 195 cm³/mol. The molecule has 254 valence electrons. The molecule has 7 heteroatoms. The number of phenolic OH excluding ortho intramolecular Hbond substituents is 1. The minimum atomic E-state index is -0.320. The largest absolute Gasteiger partial charge is 0.507 e. The maximum Gasteiger partial charge on any atom is 0.204 e. The van der Waals surface area contributed by atoms with E-state index >= 15 is 0 Å². The number of allylic oxidation sites excluding steroid dienone is 4. The summed E-state index contributed by atoms with van der Waals surface area (Å²) in [5.74, 6) is 0.952. The Bertz CT molecular complexity index is 1530. The van der Waals surface area contributed by atoms with Crippen molar-refractivity contribution >= 4 is 37.9 Å². The first-order valence-electron chi connectivity index (χ1n) is 17.2. The van der Waals surface area contributed by atoms with Crippen LogP contribution < -0.4 is 14.9 Å². The quantitative estimate of drug-likeness (QED) is 0.0498. The topological polar surface area (TPSA) is 89.1 Å². The van der Waals surface area contributed by atoms with E-state index < -0.39 is 0 Å². The third-order valence-corrected chi connectivity index (χ3v) is 8.91. The van der Waals surface area contributed by atoms with Gasteiger partial charge in [-0.05, 0) is 65.4 Å². The lowest BCUT2D eigenvalue weighted by atomic mass is 9.95. The van der Waals surface area contributed by atoms with Crippen molar-refractivity contribution in [2.24, 2.45) is 0 Å². The van der Waals surface area contributed by atoms with Gasteiger partial charge in [0, 0.05) is 28.6 Å². The van der Waals surface area contributed by atoms with Crippen molar-refractivity contribution in [1.29, 1.82) is 0 Å². The smallest absolute Gasteiger partial charge is 0.204 e. The fraction of sp³-hybridized carbons (Fsp3) is 0.564. The molecule has 0 bridgehead atoms. The Labute approximate surface area is 284 Å². The van der Waals surface area contributed by atoms with Crippen molar-refractivity contribution in [3.8, 4) is 17.2 Å². The van der Waals surface area contributed by atoms with E-state index in [2.05, 4.69) is 22.9 Å². The van der Waals surface area contributed by atoms with Crippen LogP contribution in [0.5, 0.6) is 17.2 Å².